The summed E-state index contributed by atoms with van der Waals surface area (Å²) in [6, 6.07) is 8.40. The quantitative estimate of drug-likeness (QED) is 0.816. The van der Waals surface area contributed by atoms with Gasteiger partial charge in [0.2, 0.25) is 5.13 Å². The van der Waals surface area contributed by atoms with Crippen LogP contribution in [0.5, 0.6) is 0 Å². The molecule has 1 heterocycles. The van der Waals surface area contributed by atoms with Crippen LogP contribution in [0.4, 0.5) is 5.13 Å². The summed E-state index contributed by atoms with van der Waals surface area (Å²) in [5.41, 5.74) is 1.27. The largest absolute Gasteiger partial charge is 0.384 e. The molecular formula is C16H20ClN3OS. The zero-order chi connectivity index (χ0) is 15.4. The minimum atomic E-state index is 0.286. The normalized spacial score (nSPS) is 16.3. The Balaban J connectivity index is 1.72. The lowest BCUT2D eigenvalue weighted by Crippen LogP contribution is -2.26. The molecule has 0 spiro atoms. The highest BCUT2D eigenvalue weighted by molar-refractivity contribution is 7.09. The van der Waals surface area contributed by atoms with Gasteiger partial charge in [-0.3, -0.25) is 0 Å². The fourth-order valence-electron chi connectivity index (χ4n) is 2.66. The Labute approximate surface area is 140 Å². The van der Waals surface area contributed by atoms with Crippen LogP contribution in [-0.2, 0) is 11.2 Å². The average Bonchev–Trinajstić information content (AvgIpc) is 2.91. The van der Waals surface area contributed by atoms with Crippen LogP contribution in [0.1, 0.15) is 36.7 Å². The molecule has 0 aliphatic heterocycles. The third-order valence-corrected chi connectivity index (χ3v) is 5.06. The summed E-state index contributed by atoms with van der Waals surface area (Å²) in [7, 11) is 1.69. The van der Waals surface area contributed by atoms with E-state index in [1.807, 2.05) is 12.1 Å². The third-order valence-electron chi connectivity index (χ3n) is 4.13. The molecule has 1 saturated carbocycles. The van der Waals surface area contributed by atoms with Crippen molar-refractivity contribution in [2.24, 2.45) is 5.92 Å². The van der Waals surface area contributed by atoms with Gasteiger partial charge in [-0.1, -0.05) is 30.2 Å². The third kappa shape index (κ3) is 3.77. The van der Waals surface area contributed by atoms with Gasteiger partial charge in [0.15, 0.2) is 0 Å². The predicted molar refractivity (Wildman–Crippen MR) is 90.6 cm³/mol. The maximum absolute atomic E-state index is 6.00. The van der Waals surface area contributed by atoms with Crippen molar-refractivity contribution < 1.29 is 4.74 Å². The minimum Gasteiger partial charge on any atom is -0.384 e. The molecular weight excluding hydrogens is 318 g/mol. The molecule has 1 aliphatic carbocycles. The second-order valence-electron chi connectivity index (χ2n) is 5.62. The molecule has 0 radical (unpaired) electrons. The number of methoxy groups -OCH3 is 1. The van der Waals surface area contributed by atoms with E-state index < -0.39 is 0 Å². The molecule has 1 N–H and O–H groups in total. The molecule has 3 rings (SSSR count). The van der Waals surface area contributed by atoms with Gasteiger partial charge in [-0.15, -0.1) is 0 Å². The van der Waals surface area contributed by atoms with Gasteiger partial charge in [-0.05, 0) is 36.5 Å². The lowest BCUT2D eigenvalue weighted by molar-refractivity contribution is 0.201. The molecule has 0 saturated heterocycles. The molecule has 4 nitrogen and oxygen atoms in total. The highest BCUT2D eigenvalue weighted by atomic mass is 35.5. The van der Waals surface area contributed by atoms with Gasteiger partial charge < -0.3 is 10.1 Å². The van der Waals surface area contributed by atoms with Crippen LogP contribution in [0.15, 0.2) is 24.3 Å². The van der Waals surface area contributed by atoms with E-state index in [0.29, 0.717) is 12.5 Å². The van der Waals surface area contributed by atoms with Crippen LogP contribution >= 0.6 is 23.1 Å². The van der Waals surface area contributed by atoms with Crippen molar-refractivity contribution in [1.29, 1.82) is 0 Å². The van der Waals surface area contributed by atoms with Crippen molar-refractivity contribution in [3.8, 4) is 0 Å². The van der Waals surface area contributed by atoms with Crippen LogP contribution < -0.4 is 5.32 Å². The van der Waals surface area contributed by atoms with Crippen LogP contribution in [0.3, 0.4) is 0 Å². The van der Waals surface area contributed by atoms with E-state index in [1.165, 1.54) is 36.4 Å². The van der Waals surface area contributed by atoms with Crippen molar-refractivity contribution in [2.75, 3.05) is 19.0 Å². The van der Waals surface area contributed by atoms with Gasteiger partial charge in [0.1, 0.15) is 5.82 Å². The topological polar surface area (TPSA) is 47.0 Å². The van der Waals surface area contributed by atoms with Crippen LogP contribution in [0, 0.1) is 5.92 Å². The molecule has 1 aliphatic rings. The molecule has 1 aromatic carbocycles. The van der Waals surface area contributed by atoms with E-state index in [2.05, 4.69) is 26.8 Å². The van der Waals surface area contributed by atoms with Crippen molar-refractivity contribution in [3.05, 3.63) is 40.7 Å². The van der Waals surface area contributed by atoms with E-state index in [9.17, 15) is 0 Å². The summed E-state index contributed by atoms with van der Waals surface area (Å²) >= 11 is 7.43. The standard InChI is InChI=1S/C16H20ClN3OS/c1-21-10-9-14-18-16(22-20-14)19-15(11-3-2-4-11)12-5-7-13(17)8-6-12/h5-8,11,15H,2-4,9-10H2,1H3,(H,18,19,20). The number of hydrogen-bond acceptors (Lipinski definition) is 5. The van der Waals surface area contributed by atoms with Crippen molar-refractivity contribution in [2.45, 2.75) is 31.7 Å². The number of nitrogens with zero attached hydrogens (tertiary/aromatic N) is 2. The average molecular weight is 338 g/mol. The Morgan fingerprint density at radius 2 is 2.14 bits per heavy atom. The molecule has 2 aromatic rings. The molecule has 1 aromatic heterocycles. The van der Waals surface area contributed by atoms with E-state index in [0.717, 1.165) is 22.4 Å². The van der Waals surface area contributed by atoms with Crippen LogP contribution in [-0.4, -0.2) is 23.1 Å². The number of nitrogens with one attached hydrogen (secondary N) is 1. The number of ether oxygens (including phenoxy) is 1. The summed E-state index contributed by atoms with van der Waals surface area (Å²) in [4.78, 5) is 4.56. The SMILES string of the molecule is COCCc1nsc(NC(c2ccc(Cl)cc2)C2CCC2)n1. The fraction of sp³-hybridized carbons (Fsp3) is 0.500. The Morgan fingerprint density at radius 3 is 2.77 bits per heavy atom. The molecule has 0 bridgehead atoms. The van der Waals surface area contributed by atoms with E-state index in [1.54, 1.807) is 7.11 Å². The maximum Gasteiger partial charge on any atom is 0.203 e. The lowest BCUT2D eigenvalue weighted by atomic mass is 9.77. The summed E-state index contributed by atoms with van der Waals surface area (Å²) in [5, 5.41) is 5.23. The van der Waals surface area contributed by atoms with Crippen LogP contribution in [0.2, 0.25) is 5.02 Å². The van der Waals surface area contributed by atoms with Gasteiger partial charge in [0, 0.05) is 30.1 Å². The lowest BCUT2D eigenvalue weighted by Gasteiger charge is -2.34. The van der Waals surface area contributed by atoms with Crippen LogP contribution in [0.25, 0.3) is 0 Å². The minimum absolute atomic E-state index is 0.286. The smallest absolute Gasteiger partial charge is 0.203 e. The van der Waals surface area contributed by atoms with E-state index >= 15 is 0 Å². The Kier molecular flexibility index (Phi) is 5.28. The molecule has 118 valence electrons. The number of hydrogen-bond donors (Lipinski definition) is 1. The second kappa shape index (κ2) is 7.40. The molecule has 1 atom stereocenters. The highest BCUT2D eigenvalue weighted by Gasteiger charge is 2.29. The summed E-state index contributed by atoms with van der Waals surface area (Å²) < 4.78 is 9.46. The Bertz CT molecular complexity index is 598. The number of aromatic nitrogens is 2. The molecule has 22 heavy (non-hydrogen) atoms. The van der Waals surface area contributed by atoms with E-state index in [-0.39, 0.29) is 6.04 Å². The first-order chi connectivity index (χ1) is 10.8. The zero-order valence-corrected chi connectivity index (χ0v) is 14.2. The summed E-state index contributed by atoms with van der Waals surface area (Å²) in [6.07, 6.45) is 4.58. The van der Waals surface area contributed by atoms with Gasteiger partial charge in [-0.25, -0.2) is 4.98 Å². The summed E-state index contributed by atoms with van der Waals surface area (Å²) in [6.45, 7) is 0.652. The molecule has 6 heteroatoms. The maximum atomic E-state index is 6.00. The zero-order valence-electron chi connectivity index (χ0n) is 12.6. The predicted octanol–water partition coefficient (Wildman–Crippen LogP) is 4.33. The number of benzene rings is 1. The highest BCUT2D eigenvalue weighted by Crippen LogP contribution is 2.40. The number of anilines is 1. The summed E-state index contributed by atoms with van der Waals surface area (Å²) in [5.74, 6) is 1.50. The van der Waals surface area contributed by atoms with Gasteiger partial charge in [-0.2, -0.15) is 4.37 Å². The fourth-order valence-corrected chi connectivity index (χ4v) is 3.43. The first kappa shape index (κ1) is 15.7. The van der Waals surface area contributed by atoms with Crippen molar-refractivity contribution in [1.82, 2.24) is 9.36 Å². The van der Waals surface area contributed by atoms with E-state index in [4.69, 9.17) is 16.3 Å². The second-order valence-corrected chi connectivity index (χ2v) is 6.81. The molecule has 1 fully saturated rings. The van der Waals surface area contributed by atoms with Gasteiger partial charge in [0.25, 0.3) is 0 Å². The Morgan fingerprint density at radius 1 is 1.36 bits per heavy atom. The number of halogens is 1. The Hall–Kier alpha value is -1.17. The number of rotatable bonds is 7. The first-order valence-corrected chi connectivity index (χ1v) is 8.75. The van der Waals surface area contributed by atoms with Crippen molar-refractivity contribution in [3.63, 3.8) is 0 Å². The van der Waals surface area contributed by atoms with Gasteiger partial charge >= 0.3 is 0 Å². The van der Waals surface area contributed by atoms with Crippen molar-refractivity contribution >= 4 is 28.3 Å². The molecule has 1 unspecified atom stereocenters. The van der Waals surface area contributed by atoms with Gasteiger partial charge in [0.05, 0.1) is 12.6 Å². The monoisotopic (exact) mass is 337 g/mol. The first-order valence-electron chi connectivity index (χ1n) is 7.60. The molecule has 0 amide bonds.